The summed E-state index contributed by atoms with van der Waals surface area (Å²) in [5, 5.41) is 15.2. The fraction of sp³-hybridized carbons (Fsp3) is 0.353. The minimum Gasteiger partial charge on any atom is -0.381 e. The molecule has 0 atom stereocenters. The summed E-state index contributed by atoms with van der Waals surface area (Å²) >= 11 is 12.5. The molecule has 0 amide bonds. The van der Waals surface area contributed by atoms with Gasteiger partial charge in [0.2, 0.25) is 0 Å². The normalized spacial score (nSPS) is 16.4. The maximum absolute atomic E-state index is 10.7. The largest absolute Gasteiger partial charge is 0.381 e. The van der Waals surface area contributed by atoms with Gasteiger partial charge in [0.05, 0.1) is 4.92 Å². The predicted octanol–water partition coefficient (Wildman–Crippen LogP) is 4.46. The van der Waals surface area contributed by atoms with Gasteiger partial charge in [0, 0.05) is 41.3 Å². The number of pyridine rings is 1. The van der Waals surface area contributed by atoms with E-state index in [1.165, 1.54) is 12.3 Å². The molecule has 0 spiro atoms. The number of benzene rings is 1. The third kappa shape index (κ3) is 4.03. The molecule has 1 aliphatic rings. The van der Waals surface area contributed by atoms with Crippen LogP contribution in [-0.2, 0) is 10.2 Å². The van der Waals surface area contributed by atoms with E-state index >= 15 is 0 Å². The van der Waals surface area contributed by atoms with Gasteiger partial charge in [0.25, 0.3) is 5.69 Å². The molecule has 132 valence electrons. The van der Waals surface area contributed by atoms with Gasteiger partial charge in [0.1, 0.15) is 12.0 Å². The highest BCUT2D eigenvalue weighted by Gasteiger charge is 2.36. The molecule has 0 radical (unpaired) electrons. The average Bonchev–Trinajstić information content (AvgIpc) is 2.61. The molecular formula is C17H17Cl2N3O3. The Morgan fingerprint density at radius 3 is 2.60 bits per heavy atom. The van der Waals surface area contributed by atoms with Gasteiger partial charge in [-0.2, -0.15) is 0 Å². The summed E-state index contributed by atoms with van der Waals surface area (Å²) < 4.78 is 5.52. The summed E-state index contributed by atoms with van der Waals surface area (Å²) in [6.45, 7) is 1.89. The molecule has 8 heteroatoms. The van der Waals surface area contributed by atoms with Crippen molar-refractivity contribution < 1.29 is 9.66 Å². The van der Waals surface area contributed by atoms with Crippen LogP contribution < -0.4 is 5.32 Å². The second kappa shape index (κ2) is 7.56. The van der Waals surface area contributed by atoms with Crippen molar-refractivity contribution in [2.75, 3.05) is 25.1 Å². The highest BCUT2D eigenvalue weighted by molar-refractivity contribution is 6.35. The van der Waals surface area contributed by atoms with Gasteiger partial charge >= 0.3 is 0 Å². The standard InChI is InChI=1S/C17H17Cl2N3O3/c18-12-1-3-14(15(19)9-12)17(5-7-25-8-6-17)11-21-16-4-2-13(10-20-16)22(23)24/h1-4,9-10H,5-8,11H2,(H,20,21). The number of nitrogens with zero attached hydrogens (tertiary/aromatic N) is 2. The van der Waals surface area contributed by atoms with Crippen LogP contribution in [0.4, 0.5) is 11.5 Å². The van der Waals surface area contributed by atoms with Crippen LogP contribution in [-0.4, -0.2) is 29.7 Å². The van der Waals surface area contributed by atoms with E-state index in [1.54, 1.807) is 12.1 Å². The Hall–Kier alpha value is -1.89. The van der Waals surface area contributed by atoms with Crippen molar-refractivity contribution in [3.8, 4) is 0 Å². The zero-order valence-electron chi connectivity index (χ0n) is 13.4. The van der Waals surface area contributed by atoms with Crippen LogP contribution in [0.25, 0.3) is 0 Å². The monoisotopic (exact) mass is 381 g/mol. The van der Waals surface area contributed by atoms with E-state index in [0.29, 0.717) is 35.6 Å². The molecule has 0 bridgehead atoms. The van der Waals surface area contributed by atoms with Crippen molar-refractivity contribution in [1.82, 2.24) is 4.98 Å². The van der Waals surface area contributed by atoms with Gasteiger partial charge in [-0.25, -0.2) is 4.98 Å². The van der Waals surface area contributed by atoms with Crippen LogP contribution in [0.5, 0.6) is 0 Å². The molecule has 1 fully saturated rings. The molecule has 6 nitrogen and oxygen atoms in total. The van der Waals surface area contributed by atoms with E-state index in [0.717, 1.165) is 18.4 Å². The summed E-state index contributed by atoms with van der Waals surface area (Å²) in [6, 6.07) is 8.58. The lowest BCUT2D eigenvalue weighted by atomic mass is 9.74. The molecule has 2 heterocycles. The molecule has 1 N–H and O–H groups in total. The number of nitrogens with one attached hydrogen (secondary N) is 1. The minimum atomic E-state index is -0.468. The molecule has 1 saturated heterocycles. The first-order valence-corrected chi connectivity index (χ1v) is 8.63. The summed E-state index contributed by atoms with van der Waals surface area (Å²) in [5.41, 5.74) is 0.784. The summed E-state index contributed by atoms with van der Waals surface area (Å²) in [6.07, 6.45) is 2.87. The molecule has 0 aliphatic carbocycles. The maximum atomic E-state index is 10.7. The van der Waals surface area contributed by atoms with E-state index in [1.807, 2.05) is 12.1 Å². The number of halogens is 2. The van der Waals surface area contributed by atoms with Crippen LogP contribution in [0.1, 0.15) is 18.4 Å². The van der Waals surface area contributed by atoms with Crippen LogP contribution >= 0.6 is 23.2 Å². The van der Waals surface area contributed by atoms with Gasteiger partial charge in [-0.1, -0.05) is 29.3 Å². The van der Waals surface area contributed by atoms with Crippen molar-refractivity contribution >= 4 is 34.7 Å². The minimum absolute atomic E-state index is 0.0351. The Balaban J connectivity index is 1.82. The quantitative estimate of drug-likeness (QED) is 0.610. The SMILES string of the molecule is O=[N+]([O-])c1ccc(NCC2(c3ccc(Cl)cc3Cl)CCOCC2)nc1. The number of ether oxygens (including phenoxy) is 1. The molecule has 3 rings (SSSR count). The second-order valence-electron chi connectivity index (χ2n) is 6.03. The van der Waals surface area contributed by atoms with Crippen molar-refractivity contribution in [1.29, 1.82) is 0 Å². The molecule has 0 unspecified atom stereocenters. The third-order valence-electron chi connectivity index (χ3n) is 4.52. The Labute approximate surface area is 155 Å². The lowest BCUT2D eigenvalue weighted by molar-refractivity contribution is -0.385. The Morgan fingerprint density at radius 2 is 2.00 bits per heavy atom. The number of rotatable bonds is 5. The summed E-state index contributed by atoms with van der Waals surface area (Å²) in [7, 11) is 0. The zero-order valence-corrected chi connectivity index (χ0v) is 14.9. The number of aromatic nitrogens is 1. The van der Waals surface area contributed by atoms with E-state index < -0.39 is 4.92 Å². The van der Waals surface area contributed by atoms with Crippen molar-refractivity contribution in [3.05, 3.63) is 62.3 Å². The van der Waals surface area contributed by atoms with Crippen LogP contribution in [0, 0.1) is 10.1 Å². The summed E-state index contributed by atoms with van der Waals surface area (Å²) in [4.78, 5) is 14.4. The number of hydrogen-bond donors (Lipinski definition) is 1. The molecule has 0 saturated carbocycles. The summed E-state index contributed by atoms with van der Waals surface area (Å²) in [5.74, 6) is 0.585. The first-order chi connectivity index (χ1) is 12.0. The molecule has 25 heavy (non-hydrogen) atoms. The Morgan fingerprint density at radius 1 is 1.24 bits per heavy atom. The highest BCUT2D eigenvalue weighted by atomic mass is 35.5. The van der Waals surface area contributed by atoms with Gasteiger partial charge in [0.15, 0.2) is 0 Å². The number of anilines is 1. The predicted molar refractivity (Wildman–Crippen MR) is 97.6 cm³/mol. The van der Waals surface area contributed by atoms with Crippen LogP contribution in [0.15, 0.2) is 36.5 Å². The first kappa shape index (κ1) is 17.9. The lowest BCUT2D eigenvalue weighted by Gasteiger charge is -2.38. The Bertz CT molecular complexity index is 762. The molecule has 1 aliphatic heterocycles. The van der Waals surface area contributed by atoms with Gasteiger partial charge in [-0.15, -0.1) is 0 Å². The third-order valence-corrected chi connectivity index (χ3v) is 5.07. The van der Waals surface area contributed by atoms with Gasteiger partial charge < -0.3 is 10.1 Å². The molecule has 2 aromatic rings. The van der Waals surface area contributed by atoms with Crippen LogP contribution in [0.3, 0.4) is 0 Å². The van der Waals surface area contributed by atoms with Crippen molar-refractivity contribution in [2.45, 2.75) is 18.3 Å². The van der Waals surface area contributed by atoms with Gasteiger partial charge in [-0.3, -0.25) is 10.1 Å². The van der Waals surface area contributed by atoms with Gasteiger partial charge in [-0.05, 0) is 36.6 Å². The zero-order chi connectivity index (χ0) is 17.9. The maximum Gasteiger partial charge on any atom is 0.287 e. The molecular weight excluding hydrogens is 365 g/mol. The van der Waals surface area contributed by atoms with E-state index in [4.69, 9.17) is 27.9 Å². The lowest BCUT2D eigenvalue weighted by Crippen LogP contribution is -2.40. The number of hydrogen-bond acceptors (Lipinski definition) is 5. The highest BCUT2D eigenvalue weighted by Crippen LogP contribution is 2.39. The first-order valence-electron chi connectivity index (χ1n) is 7.88. The van der Waals surface area contributed by atoms with Crippen molar-refractivity contribution in [2.24, 2.45) is 0 Å². The van der Waals surface area contributed by atoms with E-state index in [2.05, 4.69) is 10.3 Å². The molecule has 1 aromatic carbocycles. The fourth-order valence-corrected chi connectivity index (χ4v) is 3.69. The van der Waals surface area contributed by atoms with Crippen LogP contribution in [0.2, 0.25) is 10.0 Å². The van der Waals surface area contributed by atoms with E-state index in [-0.39, 0.29) is 11.1 Å². The Kier molecular flexibility index (Phi) is 5.42. The topological polar surface area (TPSA) is 77.3 Å². The van der Waals surface area contributed by atoms with Crippen molar-refractivity contribution in [3.63, 3.8) is 0 Å². The average molecular weight is 382 g/mol. The second-order valence-corrected chi connectivity index (χ2v) is 6.87. The smallest absolute Gasteiger partial charge is 0.287 e. The van der Waals surface area contributed by atoms with E-state index in [9.17, 15) is 10.1 Å². The molecule has 1 aromatic heterocycles. The number of nitro groups is 1. The fourth-order valence-electron chi connectivity index (χ4n) is 3.08.